The average Bonchev–Trinajstić information content (AvgIpc) is 2.68. The number of likely N-dealkylation sites (N-methyl/N-ethyl adjacent to an activating group) is 1. The Balaban J connectivity index is 2.05. The number of hydrogen-bond acceptors (Lipinski definition) is 6. The Bertz CT molecular complexity index is 1090. The summed E-state index contributed by atoms with van der Waals surface area (Å²) < 4.78 is 14.6. The molecule has 0 spiro atoms. The number of fused-ring (bicyclic) bond motifs is 1. The summed E-state index contributed by atoms with van der Waals surface area (Å²) in [5, 5.41) is 3.88. The number of rotatable bonds is 7. The first kappa shape index (κ1) is 20.0. The van der Waals surface area contributed by atoms with Gasteiger partial charge in [0.25, 0.3) is 5.91 Å². The second-order valence-electron chi connectivity index (χ2n) is 6.53. The van der Waals surface area contributed by atoms with Crippen LogP contribution in [0.2, 0.25) is 0 Å². The summed E-state index contributed by atoms with van der Waals surface area (Å²) in [6.45, 7) is 1.75. The van der Waals surface area contributed by atoms with Crippen LogP contribution < -0.4 is 21.7 Å². The van der Waals surface area contributed by atoms with E-state index in [1.165, 1.54) is 11.9 Å². The number of carbonyl (C=O) groups is 2. The average molecular weight is 396 g/mol. The molecule has 0 saturated heterocycles. The Labute approximate surface area is 166 Å². The summed E-state index contributed by atoms with van der Waals surface area (Å²) in [4.78, 5) is 33.3. The third kappa shape index (κ3) is 4.08. The Morgan fingerprint density at radius 1 is 1.24 bits per heavy atom. The number of anilines is 3. The van der Waals surface area contributed by atoms with Crippen LogP contribution in [0.25, 0.3) is 10.9 Å². The second kappa shape index (κ2) is 8.09. The number of nitrogens with one attached hydrogen (secondary N) is 1. The molecular weight excluding hydrogens is 375 g/mol. The maximum absolute atomic E-state index is 14.6. The summed E-state index contributed by atoms with van der Waals surface area (Å²) in [6.07, 6.45) is 2.05. The molecule has 2 heterocycles. The molecular formula is C20H21FN6O2. The number of hydrogen-bond donors (Lipinski definition) is 3. The van der Waals surface area contributed by atoms with E-state index in [4.69, 9.17) is 11.5 Å². The molecule has 0 aliphatic heterocycles. The molecule has 0 bridgehead atoms. The van der Waals surface area contributed by atoms with E-state index in [0.717, 1.165) is 17.0 Å². The highest BCUT2D eigenvalue weighted by Gasteiger charge is 2.25. The molecule has 150 valence electrons. The van der Waals surface area contributed by atoms with Crippen LogP contribution in [-0.2, 0) is 4.79 Å². The molecule has 1 aromatic carbocycles. The quantitative estimate of drug-likeness (QED) is 0.562. The van der Waals surface area contributed by atoms with Gasteiger partial charge >= 0.3 is 0 Å². The maximum Gasteiger partial charge on any atom is 0.252 e. The largest absolute Gasteiger partial charge is 0.368 e. The lowest BCUT2D eigenvalue weighted by molar-refractivity contribution is -0.119. The maximum atomic E-state index is 14.6. The first-order chi connectivity index (χ1) is 13.8. The Morgan fingerprint density at radius 2 is 2.00 bits per heavy atom. The van der Waals surface area contributed by atoms with Gasteiger partial charge < -0.3 is 21.7 Å². The third-order valence-electron chi connectivity index (χ3n) is 4.61. The van der Waals surface area contributed by atoms with Gasteiger partial charge in [0, 0.05) is 24.3 Å². The monoisotopic (exact) mass is 396 g/mol. The molecule has 8 nitrogen and oxygen atoms in total. The third-order valence-corrected chi connectivity index (χ3v) is 4.61. The minimum atomic E-state index is -0.836. The van der Waals surface area contributed by atoms with Gasteiger partial charge in [0.1, 0.15) is 11.9 Å². The molecule has 3 rings (SSSR count). The molecule has 0 aliphatic carbocycles. The highest BCUT2D eigenvalue weighted by molar-refractivity contribution is 5.99. The van der Waals surface area contributed by atoms with Gasteiger partial charge in [0.05, 0.1) is 11.1 Å². The minimum Gasteiger partial charge on any atom is -0.368 e. The molecule has 3 aromatic rings. The van der Waals surface area contributed by atoms with Crippen LogP contribution in [0.1, 0.15) is 23.7 Å². The number of pyridine rings is 2. The van der Waals surface area contributed by atoms with Crippen LogP contribution in [0.4, 0.5) is 21.7 Å². The van der Waals surface area contributed by atoms with Gasteiger partial charge in [-0.3, -0.25) is 14.6 Å². The summed E-state index contributed by atoms with van der Waals surface area (Å²) in [5.74, 6) is -2.27. The Hall–Kier alpha value is -3.75. The number of aromatic nitrogens is 2. The summed E-state index contributed by atoms with van der Waals surface area (Å²) in [6, 6.07) is 9.32. The smallest absolute Gasteiger partial charge is 0.252 e. The minimum absolute atomic E-state index is 0.0725. The fourth-order valence-electron chi connectivity index (χ4n) is 3.11. The Morgan fingerprint density at radius 3 is 2.66 bits per heavy atom. The van der Waals surface area contributed by atoms with Crippen LogP contribution in [0, 0.1) is 5.82 Å². The van der Waals surface area contributed by atoms with Crippen molar-refractivity contribution >= 4 is 40.0 Å². The van der Waals surface area contributed by atoms with E-state index in [1.807, 2.05) is 12.1 Å². The number of benzene rings is 1. The van der Waals surface area contributed by atoms with Gasteiger partial charge in [0.15, 0.2) is 11.6 Å². The van der Waals surface area contributed by atoms with E-state index in [9.17, 15) is 14.0 Å². The number of primary amides is 2. The number of amides is 2. The molecule has 0 fully saturated rings. The molecule has 29 heavy (non-hydrogen) atoms. The summed E-state index contributed by atoms with van der Waals surface area (Å²) in [5.41, 5.74) is 12.1. The standard InChI is InChI=1S/C20H21FN6O2/c1-3-16(18(23)29)27(2)20-14(21)10-13(17(22)28)19(26-20)25-12-6-7-15-11(9-12)5-4-8-24-15/h4-10,16H,3H2,1-2H3,(H2,22,28)(H2,23,29)(H,25,26). The SMILES string of the molecule is CCC(C(N)=O)N(C)c1nc(Nc2ccc3ncccc3c2)c(C(N)=O)cc1F. The lowest BCUT2D eigenvalue weighted by Gasteiger charge is -2.26. The lowest BCUT2D eigenvalue weighted by Crippen LogP contribution is -2.43. The van der Waals surface area contributed by atoms with Crippen molar-refractivity contribution in [2.75, 3.05) is 17.3 Å². The van der Waals surface area contributed by atoms with E-state index in [-0.39, 0.29) is 17.2 Å². The lowest BCUT2D eigenvalue weighted by atomic mass is 10.1. The number of nitrogens with zero attached hydrogens (tertiary/aromatic N) is 3. The van der Waals surface area contributed by atoms with Crippen LogP contribution in [0.15, 0.2) is 42.6 Å². The van der Waals surface area contributed by atoms with Crippen molar-refractivity contribution in [3.05, 3.63) is 54.0 Å². The van der Waals surface area contributed by atoms with Crippen LogP contribution in [-0.4, -0.2) is 34.9 Å². The number of carbonyl (C=O) groups excluding carboxylic acids is 2. The van der Waals surface area contributed by atoms with Gasteiger partial charge in [-0.2, -0.15) is 0 Å². The van der Waals surface area contributed by atoms with Gasteiger partial charge in [-0.15, -0.1) is 0 Å². The van der Waals surface area contributed by atoms with Crippen molar-refractivity contribution in [1.82, 2.24) is 9.97 Å². The van der Waals surface area contributed by atoms with E-state index in [2.05, 4.69) is 15.3 Å². The summed E-state index contributed by atoms with van der Waals surface area (Å²) in [7, 11) is 1.51. The zero-order valence-electron chi connectivity index (χ0n) is 16.0. The molecule has 0 aliphatic rings. The normalized spacial score (nSPS) is 11.8. The summed E-state index contributed by atoms with van der Waals surface area (Å²) >= 11 is 0. The molecule has 1 atom stereocenters. The van der Waals surface area contributed by atoms with Crippen molar-refractivity contribution in [3.8, 4) is 0 Å². The van der Waals surface area contributed by atoms with Crippen LogP contribution >= 0.6 is 0 Å². The van der Waals surface area contributed by atoms with Crippen molar-refractivity contribution in [2.45, 2.75) is 19.4 Å². The molecule has 2 amide bonds. The zero-order valence-corrected chi connectivity index (χ0v) is 16.0. The van der Waals surface area contributed by atoms with Crippen molar-refractivity contribution in [1.29, 1.82) is 0 Å². The highest BCUT2D eigenvalue weighted by Crippen LogP contribution is 2.28. The zero-order chi connectivity index (χ0) is 21.1. The van der Waals surface area contributed by atoms with E-state index >= 15 is 0 Å². The van der Waals surface area contributed by atoms with Crippen LogP contribution in [0.5, 0.6) is 0 Å². The molecule has 1 unspecified atom stereocenters. The van der Waals surface area contributed by atoms with Gasteiger partial charge in [-0.25, -0.2) is 9.37 Å². The van der Waals surface area contributed by atoms with Gasteiger partial charge in [0.2, 0.25) is 5.91 Å². The highest BCUT2D eigenvalue weighted by atomic mass is 19.1. The van der Waals surface area contributed by atoms with E-state index in [0.29, 0.717) is 12.1 Å². The van der Waals surface area contributed by atoms with E-state index < -0.39 is 23.7 Å². The van der Waals surface area contributed by atoms with Crippen LogP contribution in [0.3, 0.4) is 0 Å². The molecule has 5 N–H and O–H groups in total. The molecule has 0 radical (unpaired) electrons. The fourth-order valence-corrected chi connectivity index (χ4v) is 3.11. The number of halogens is 1. The molecule has 2 aromatic heterocycles. The molecule has 0 saturated carbocycles. The topological polar surface area (TPSA) is 127 Å². The first-order valence-electron chi connectivity index (χ1n) is 8.96. The Kier molecular flexibility index (Phi) is 5.58. The number of nitrogens with two attached hydrogens (primary N) is 2. The predicted octanol–water partition coefficient (Wildman–Crippen LogP) is 2.31. The van der Waals surface area contributed by atoms with Gasteiger partial charge in [-0.05, 0) is 36.8 Å². The van der Waals surface area contributed by atoms with E-state index in [1.54, 1.807) is 31.3 Å². The predicted molar refractivity (Wildman–Crippen MR) is 109 cm³/mol. The van der Waals surface area contributed by atoms with Crippen molar-refractivity contribution in [3.63, 3.8) is 0 Å². The second-order valence-corrected chi connectivity index (χ2v) is 6.53. The fraction of sp³-hybridized carbons (Fsp3) is 0.200. The van der Waals surface area contributed by atoms with Crippen molar-refractivity contribution in [2.24, 2.45) is 11.5 Å². The molecule has 9 heteroatoms. The van der Waals surface area contributed by atoms with Crippen molar-refractivity contribution < 1.29 is 14.0 Å². The van der Waals surface area contributed by atoms with Gasteiger partial charge in [-0.1, -0.05) is 13.0 Å². The first-order valence-corrected chi connectivity index (χ1v) is 8.96.